The van der Waals surface area contributed by atoms with Gasteiger partial charge in [0.2, 0.25) is 0 Å². The van der Waals surface area contributed by atoms with Crippen LogP contribution in [0.2, 0.25) is 0 Å². The van der Waals surface area contributed by atoms with Crippen LogP contribution in [0.1, 0.15) is 18.4 Å². The van der Waals surface area contributed by atoms with Crippen LogP contribution in [0.5, 0.6) is 5.75 Å². The molecule has 2 rings (SSSR count). The van der Waals surface area contributed by atoms with Crippen LogP contribution >= 0.6 is 0 Å². The van der Waals surface area contributed by atoms with Gasteiger partial charge in [-0.25, -0.2) is 0 Å². The van der Waals surface area contributed by atoms with Crippen molar-refractivity contribution in [2.75, 3.05) is 13.2 Å². The lowest BCUT2D eigenvalue weighted by Crippen LogP contribution is -2.25. The van der Waals surface area contributed by atoms with E-state index in [1.807, 2.05) is 24.3 Å². The Kier molecular flexibility index (Phi) is 3.77. The molecule has 0 unspecified atom stereocenters. The topological polar surface area (TPSA) is 56.8 Å². The summed E-state index contributed by atoms with van der Waals surface area (Å²) < 4.78 is 11.1. The van der Waals surface area contributed by atoms with Crippen LogP contribution < -0.4 is 10.6 Å². The second-order valence-corrected chi connectivity index (χ2v) is 3.78. The number of nitrogens with two attached hydrogens (primary N) is 1. The van der Waals surface area contributed by atoms with Crippen molar-refractivity contribution in [1.82, 2.24) is 0 Å². The molecule has 0 spiro atoms. The van der Waals surface area contributed by atoms with Gasteiger partial charge in [-0.1, -0.05) is 0 Å². The average molecular weight is 220 g/mol. The summed E-state index contributed by atoms with van der Waals surface area (Å²) in [6, 6.07) is 7.75. The molecule has 1 fully saturated rings. The fraction of sp³-hybridized carbons (Fsp3) is 0.417. The van der Waals surface area contributed by atoms with Gasteiger partial charge in [0, 0.05) is 12.8 Å². The SMILES string of the molecule is NN=Cc1ccc(OC2CCOCC2)cc1. The molecule has 1 saturated heterocycles. The van der Waals surface area contributed by atoms with Crippen molar-refractivity contribution in [2.45, 2.75) is 18.9 Å². The number of ether oxygens (including phenoxy) is 2. The normalized spacial score (nSPS) is 17.8. The van der Waals surface area contributed by atoms with Gasteiger partial charge in [-0.05, 0) is 29.8 Å². The highest BCUT2D eigenvalue weighted by atomic mass is 16.5. The molecule has 0 aliphatic carbocycles. The first-order valence-electron chi connectivity index (χ1n) is 5.46. The number of nitrogens with zero attached hydrogens (tertiary/aromatic N) is 1. The number of hydrazone groups is 1. The molecule has 16 heavy (non-hydrogen) atoms. The van der Waals surface area contributed by atoms with E-state index in [0.717, 1.165) is 37.4 Å². The lowest BCUT2D eigenvalue weighted by Gasteiger charge is -2.23. The van der Waals surface area contributed by atoms with E-state index in [2.05, 4.69) is 5.10 Å². The van der Waals surface area contributed by atoms with Crippen molar-refractivity contribution < 1.29 is 9.47 Å². The Morgan fingerprint density at radius 2 is 1.94 bits per heavy atom. The molecule has 1 aromatic rings. The van der Waals surface area contributed by atoms with E-state index in [9.17, 15) is 0 Å². The molecule has 1 aromatic carbocycles. The van der Waals surface area contributed by atoms with Crippen molar-refractivity contribution in [2.24, 2.45) is 10.9 Å². The van der Waals surface area contributed by atoms with Crippen LogP contribution in [0.4, 0.5) is 0 Å². The summed E-state index contributed by atoms with van der Waals surface area (Å²) >= 11 is 0. The molecule has 4 nitrogen and oxygen atoms in total. The zero-order chi connectivity index (χ0) is 11.2. The summed E-state index contributed by atoms with van der Waals surface area (Å²) in [5.74, 6) is 5.96. The third kappa shape index (κ3) is 2.97. The van der Waals surface area contributed by atoms with Gasteiger partial charge in [0.25, 0.3) is 0 Å². The Morgan fingerprint density at radius 3 is 2.56 bits per heavy atom. The van der Waals surface area contributed by atoms with Crippen LogP contribution in [0, 0.1) is 0 Å². The Morgan fingerprint density at radius 1 is 1.25 bits per heavy atom. The highest BCUT2D eigenvalue weighted by Gasteiger charge is 2.14. The van der Waals surface area contributed by atoms with Crippen LogP contribution in [-0.2, 0) is 4.74 Å². The highest BCUT2D eigenvalue weighted by molar-refractivity contribution is 5.79. The first kappa shape index (κ1) is 11.0. The lowest BCUT2D eigenvalue weighted by molar-refractivity contribution is 0.0256. The first-order chi connectivity index (χ1) is 7.88. The standard InChI is InChI=1S/C12H16N2O2/c13-14-9-10-1-3-11(4-2-10)16-12-5-7-15-8-6-12/h1-4,9,12H,5-8,13H2. The monoisotopic (exact) mass is 220 g/mol. The van der Waals surface area contributed by atoms with Crippen LogP contribution in [0.3, 0.4) is 0 Å². The van der Waals surface area contributed by atoms with Gasteiger partial charge >= 0.3 is 0 Å². The van der Waals surface area contributed by atoms with Gasteiger partial charge in [0.1, 0.15) is 11.9 Å². The van der Waals surface area contributed by atoms with Gasteiger partial charge in [-0.3, -0.25) is 0 Å². The molecular weight excluding hydrogens is 204 g/mol. The highest BCUT2D eigenvalue weighted by Crippen LogP contribution is 2.17. The third-order valence-electron chi connectivity index (χ3n) is 2.57. The van der Waals surface area contributed by atoms with Crippen LogP contribution in [-0.4, -0.2) is 25.5 Å². The van der Waals surface area contributed by atoms with Gasteiger partial charge < -0.3 is 15.3 Å². The van der Waals surface area contributed by atoms with E-state index in [0.29, 0.717) is 0 Å². The predicted molar refractivity (Wildman–Crippen MR) is 62.7 cm³/mol. The maximum Gasteiger partial charge on any atom is 0.119 e. The molecule has 0 bridgehead atoms. The van der Waals surface area contributed by atoms with Crippen molar-refractivity contribution in [3.05, 3.63) is 29.8 Å². The predicted octanol–water partition coefficient (Wildman–Crippen LogP) is 1.54. The summed E-state index contributed by atoms with van der Waals surface area (Å²) in [6.07, 6.45) is 3.82. The second-order valence-electron chi connectivity index (χ2n) is 3.78. The Hall–Kier alpha value is -1.55. The quantitative estimate of drug-likeness (QED) is 0.477. The van der Waals surface area contributed by atoms with E-state index in [4.69, 9.17) is 15.3 Å². The van der Waals surface area contributed by atoms with Gasteiger partial charge in [0.05, 0.1) is 19.4 Å². The Labute approximate surface area is 95.0 Å². The summed E-state index contributed by atoms with van der Waals surface area (Å²) in [4.78, 5) is 0. The molecule has 1 heterocycles. The zero-order valence-corrected chi connectivity index (χ0v) is 9.13. The van der Waals surface area contributed by atoms with E-state index >= 15 is 0 Å². The van der Waals surface area contributed by atoms with E-state index in [-0.39, 0.29) is 6.10 Å². The fourth-order valence-electron chi connectivity index (χ4n) is 1.70. The maximum absolute atomic E-state index is 5.83. The minimum Gasteiger partial charge on any atom is -0.490 e. The molecule has 1 aliphatic rings. The smallest absolute Gasteiger partial charge is 0.119 e. The average Bonchev–Trinajstić information content (AvgIpc) is 2.33. The van der Waals surface area contributed by atoms with Crippen molar-refractivity contribution >= 4 is 6.21 Å². The molecule has 4 heteroatoms. The summed E-state index contributed by atoms with van der Waals surface area (Å²) in [7, 11) is 0. The molecule has 0 amide bonds. The molecular formula is C12H16N2O2. The largest absolute Gasteiger partial charge is 0.490 e. The number of benzene rings is 1. The van der Waals surface area contributed by atoms with Gasteiger partial charge in [0.15, 0.2) is 0 Å². The molecule has 1 aliphatic heterocycles. The molecule has 0 atom stereocenters. The number of rotatable bonds is 3. The first-order valence-corrected chi connectivity index (χ1v) is 5.46. The molecule has 2 N–H and O–H groups in total. The van der Waals surface area contributed by atoms with Crippen LogP contribution in [0.15, 0.2) is 29.4 Å². The Balaban J connectivity index is 1.93. The number of hydrogen-bond acceptors (Lipinski definition) is 4. The zero-order valence-electron chi connectivity index (χ0n) is 9.13. The number of hydrogen-bond donors (Lipinski definition) is 1. The van der Waals surface area contributed by atoms with Crippen molar-refractivity contribution in [3.63, 3.8) is 0 Å². The summed E-state index contributed by atoms with van der Waals surface area (Å²) in [6.45, 7) is 1.59. The molecule has 0 aromatic heterocycles. The van der Waals surface area contributed by atoms with Gasteiger partial charge in [-0.2, -0.15) is 5.10 Å². The second kappa shape index (κ2) is 5.51. The van der Waals surface area contributed by atoms with Crippen LogP contribution in [0.25, 0.3) is 0 Å². The van der Waals surface area contributed by atoms with Crippen molar-refractivity contribution in [3.8, 4) is 5.75 Å². The minimum atomic E-state index is 0.280. The Bertz CT molecular complexity index is 343. The molecule has 86 valence electrons. The molecule has 0 saturated carbocycles. The van der Waals surface area contributed by atoms with Crippen molar-refractivity contribution in [1.29, 1.82) is 0 Å². The summed E-state index contributed by atoms with van der Waals surface area (Å²) in [5, 5.41) is 3.47. The summed E-state index contributed by atoms with van der Waals surface area (Å²) in [5.41, 5.74) is 0.974. The van der Waals surface area contributed by atoms with E-state index in [1.165, 1.54) is 0 Å². The minimum absolute atomic E-state index is 0.280. The maximum atomic E-state index is 5.83. The van der Waals surface area contributed by atoms with Gasteiger partial charge in [-0.15, -0.1) is 0 Å². The van der Waals surface area contributed by atoms with E-state index < -0.39 is 0 Å². The third-order valence-corrected chi connectivity index (χ3v) is 2.57. The fourth-order valence-corrected chi connectivity index (χ4v) is 1.70. The van der Waals surface area contributed by atoms with E-state index in [1.54, 1.807) is 6.21 Å². The lowest BCUT2D eigenvalue weighted by atomic mass is 10.1. The molecule has 0 radical (unpaired) electrons.